The highest BCUT2D eigenvalue weighted by molar-refractivity contribution is 5.94. The van der Waals surface area contributed by atoms with Gasteiger partial charge in [-0.2, -0.15) is 0 Å². The summed E-state index contributed by atoms with van der Waals surface area (Å²) in [5.74, 6) is -0.629. The highest BCUT2D eigenvalue weighted by Gasteiger charge is 2.53. The maximum absolute atomic E-state index is 11.8. The third-order valence-electron chi connectivity index (χ3n) is 4.46. The summed E-state index contributed by atoms with van der Waals surface area (Å²) >= 11 is 0. The molecule has 2 aliphatic rings. The minimum absolute atomic E-state index is 0.0144. The second-order valence-electron chi connectivity index (χ2n) is 7.28. The van der Waals surface area contributed by atoms with Gasteiger partial charge in [0.2, 0.25) is 5.91 Å². The van der Waals surface area contributed by atoms with Crippen LogP contribution in [0.1, 0.15) is 52.4 Å². The highest BCUT2D eigenvalue weighted by Crippen LogP contribution is 2.60. The summed E-state index contributed by atoms with van der Waals surface area (Å²) in [7, 11) is 0. The van der Waals surface area contributed by atoms with Crippen LogP contribution in [0, 0.1) is 16.7 Å². The van der Waals surface area contributed by atoms with Crippen LogP contribution >= 0.6 is 0 Å². The van der Waals surface area contributed by atoms with E-state index in [9.17, 15) is 14.4 Å². The number of hydrogen-bond acceptors (Lipinski definition) is 3. The van der Waals surface area contributed by atoms with Crippen LogP contribution < -0.4 is 10.6 Å². The largest absolute Gasteiger partial charge is 0.481 e. The van der Waals surface area contributed by atoms with Crippen molar-refractivity contribution in [2.24, 2.45) is 16.7 Å². The lowest BCUT2D eigenvalue weighted by Crippen LogP contribution is -2.43. The van der Waals surface area contributed by atoms with Gasteiger partial charge in [0.05, 0.1) is 6.42 Å². The SMILES string of the molecule is CC(C)(CC(=O)O)CC(=O)NC(=O)NCC1(C2CC2)CC1. The lowest BCUT2D eigenvalue weighted by atomic mass is 9.85. The van der Waals surface area contributed by atoms with Crippen LogP contribution in [0.5, 0.6) is 0 Å². The van der Waals surface area contributed by atoms with Gasteiger partial charge in [-0.05, 0) is 42.4 Å². The van der Waals surface area contributed by atoms with E-state index in [1.165, 1.54) is 12.8 Å². The number of imide groups is 1. The van der Waals surface area contributed by atoms with Crippen LogP contribution in [0.4, 0.5) is 4.79 Å². The predicted molar refractivity (Wildman–Crippen MR) is 76.6 cm³/mol. The summed E-state index contributed by atoms with van der Waals surface area (Å²) < 4.78 is 0. The second-order valence-corrected chi connectivity index (χ2v) is 7.28. The number of carboxylic acids is 1. The Morgan fingerprint density at radius 3 is 2.29 bits per heavy atom. The van der Waals surface area contributed by atoms with Gasteiger partial charge in [-0.15, -0.1) is 0 Å². The van der Waals surface area contributed by atoms with E-state index in [0.29, 0.717) is 12.0 Å². The molecule has 6 nitrogen and oxygen atoms in total. The third kappa shape index (κ3) is 4.72. The average molecular weight is 296 g/mol. The van der Waals surface area contributed by atoms with E-state index in [2.05, 4.69) is 10.6 Å². The first-order valence-electron chi connectivity index (χ1n) is 7.52. The molecular formula is C15H24N2O4. The molecule has 21 heavy (non-hydrogen) atoms. The molecule has 0 aromatic rings. The molecule has 2 saturated carbocycles. The average Bonchev–Trinajstić information content (AvgIpc) is 3.16. The Bertz CT molecular complexity index is 451. The van der Waals surface area contributed by atoms with E-state index >= 15 is 0 Å². The van der Waals surface area contributed by atoms with E-state index in [4.69, 9.17) is 5.11 Å². The number of rotatable bonds is 7. The number of carbonyl (C=O) groups excluding carboxylic acids is 2. The van der Waals surface area contributed by atoms with Crippen molar-refractivity contribution in [3.63, 3.8) is 0 Å². The molecule has 0 saturated heterocycles. The number of hydrogen-bond donors (Lipinski definition) is 3. The Morgan fingerprint density at radius 2 is 1.81 bits per heavy atom. The quantitative estimate of drug-likeness (QED) is 0.668. The monoisotopic (exact) mass is 296 g/mol. The van der Waals surface area contributed by atoms with Crippen LogP contribution in [0.25, 0.3) is 0 Å². The molecule has 0 aliphatic heterocycles. The van der Waals surface area contributed by atoms with Crippen molar-refractivity contribution in [1.82, 2.24) is 10.6 Å². The molecule has 118 valence electrons. The fourth-order valence-corrected chi connectivity index (χ4v) is 2.96. The number of aliphatic carboxylic acids is 1. The van der Waals surface area contributed by atoms with Crippen LogP contribution in [0.3, 0.4) is 0 Å². The van der Waals surface area contributed by atoms with E-state index in [1.807, 2.05) is 0 Å². The van der Waals surface area contributed by atoms with Crippen molar-refractivity contribution >= 4 is 17.9 Å². The number of carbonyl (C=O) groups is 3. The summed E-state index contributed by atoms with van der Waals surface area (Å²) in [5.41, 5.74) is -0.370. The van der Waals surface area contributed by atoms with Gasteiger partial charge in [-0.3, -0.25) is 14.9 Å². The highest BCUT2D eigenvalue weighted by atomic mass is 16.4. The summed E-state index contributed by atoms with van der Waals surface area (Å²) in [6.45, 7) is 4.03. The maximum atomic E-state index is 11.8. The molecule has 0 unspecified atom stereocenters. The van der Waals surface area contributed by atoms with E-state index in [1.54, 1.807) is 13.8 Å². The first-order valence-corrected chi connectivity index (χ1v) is 7.52. The van der Waals surface area contributed by atoms with Gasteiger partial charge < -0.3 is 10.4 Å². The maximum Gasteiger partial charge on any atom is 0.321 e. The lowest BCUT2D eigenvalue weighted by Gasteiger charge is -2.21. The molecule has 6 heteroatoms. The summed E-state index contributed by atoms with van der Waals surface area (Å²) in [4.78, 5) is 34.2. The molecule has 0 radical (unpaired) electrons. The minimum atomic E-state index is -0.947. The Balaban J connectivity index is 1.69. The first kappa shape index (κ1) is 15.8. The van der Waals surface area contributed by atoms with Crippen molar-refractivity contribution in [2.75, 3.05) is 6.54 Å². The van der Waals surface area contributed by atoms with E-state index < -0.39 is 23.3 Å². The fourth-order valence-electron chi connectivity index (χ4n) is 2.96. The summed E-state index contributed by atoms with van der Waals surface area (Å²) in [6, 6.07) is -0.474. The van der Waals surface area contributed by atoms with Crippen LogP contribution in [-0.4, -0.2) is 29.6 Å². The molecule has 0 bridgehead atoms. The number of nitrogens with one attached hydrogen (secondary N) is 2. The minimum Gasteiger partial charge on any atom is -0.481 e. The van der Waals surface area contributed by atoms with Crippen LogP contribution in [0.15, 0.2) is 0 Å². The molecular weight excluding hydrogens is 272 g/mol. The van der Waals surface area contributed by atoms with Crippen molar-refractivity contribution < 1.29 is 19.5 Å². The van der Waals surface area contributed by atoms with Crippen LogP contribution in [0.2, 0.25) is 0 Å². The number of amides is 3. The molecule has 2 fully saturated rings. The Kier molecular flexibility index (Phi) is 4.25. The molecule has 3 amide bonds. The molecule has 0 atom stereocenters. The summed E-state index contributed by atoms with van der Waals surface area (Å²) in [5, 5.41) is 13.8. The normalized spacial score (nSPS) is 19.7. The van der Waals surface area contributed by atoms with Crippen molar-refractivity contribution in [3.05, 3.63) is 0 Å². The fraction of sp³-hybridized carbons (Fsp3) is 0.800. The van der Waals surface area contributed by atoms with Gasteiger partial charge in [0.25, 0.3) is 0 Å². The van der Waals surface area contributed by atoms with Crippen molar-refractivity contribution in [1.29, 1.82) is 0 Å². The topological polar surface area (TPSA) is 95.5 Å². The number of urea groups is 1. The molecule has 3 N–H and O–H groups in total. The zero-order valence-corrected chi connectivity index (χ0v) is 12.7. The first-order chi connectivity index (χ1) is 9.72. The summed E-state index contributed by atoms with van der Waals surface area (Å²) in [6.07, 6.45) is 4.75. The van der Waals surface area contributed by atoms with Gasteiger partial charge in [-0.25, -0.2) is 4.79 Å². The molecule has 2 aliphatic carbocycles. The molecule has 0 heterocycles. The van der Waals surface area contributed by atoms with Gasteiger partial charge in [0.1, 0.15) is 0 Å². The molecule has 2 rings (SSSR count). The van der Waals surface area contributed by atoms with E-state index in [-0.39, 0.29) is 12.8 Å². The van der Waals surface area contributed by atoms with Crippen molar-refractivity contribution in [3.8, 4) is 0 Å². The Labute approximate surface area is 124 Å². The van der Waals surface area contributed by atoms with Gasteiger partial charge >= 0.3 is 12.0 Å². The smallest absolute Gasteiger partial charge is 0.321 e. The standard InChI is InChI=1S/C15H24N2O4/c1-14(2,8-12(19)20)7-11(18)17-13(21)16-9-15(5-6-15)10-3-4-10/h10H,3-9H2,1-2H3,(H,19,20)(H2,16,17,18,21). The molecule has 0 aromatic heterocycles. The van der Waals surface area contributed by atoms with Gasteiger partial charge in [-0.1, -0.05) is 13.8 Å². The van der Waals surface area contributed by atoms with Gasteiger partial charge in [0, 0.05) is 13.0 Å². The lowest BCUT2D eigenvalue weighted by molar-refractivity contribution is -0.139. The zero-order valence-electron chi connectivity index (χ0n) is 12.7. The Hall–Kier alpha value is -1.59. The van der Waals surface area contributed by atoms with Crippen LogP contribution in [-0.2, 0) is 9.59 Å². The van der Waals surface area contributed by atoms with Gasteiger partial charge in [0.15, 0.2) is 0 Å². The zero-order chi connectivity index (χ0) is 15.7. The second kappa shape index (κ2) is 5.66. The number of carboxylic acid groups (broad SMARTS) is 1. The predicted octanol–water partition coefficient (Wildman–Crippen LogP) is 1.89. The third-order valence-corrected chi connectivity index (χ3v) is 4.46. The Morgan fingerprint density at radius 1 is 1.19 bits per heavy atom. The van der Waals surface area contributed by atoms with E-state index in [0.717, 1.165) is 18.8 Å². The molecule has 0 spiro atoms. The molecule has 0 aromatic carbocycles. The van der Waals surface area contributed by atoms with Crippen molar-refractivity contribution in [2.45, 2.75) is 52.4 Å².